The third-order valence-electron chi connectivity index (χ3n) is 8.70. The van der Waals surface area contributed by atoms with Gasteiger partial charge in [-0.3, -0.25) is 4.98 Å². The van der Waals surface area contributed by atoms with E-state index in [4.69, 9.17) is 4.98 Å². The van der Waals surface area contributed by atoms with E-state index in [-0.39, 0.29) is 5.41 Å². The first-order valence-corrected chi connectivity index (χ1v) is 14.1. The third-order valence-corrected chi connectivity index (χ3v) is 8.70. The molecule has 194 valence electrons. The molecule has 2 heteroatoms. The second kappa shape index (κ2) is 12.2. The number of aromatic nitrogens is 1. The van der Waals surface area contributed by atoms with Crippen molar-refractivity contribution in [2.75, 3.05) is 0 Å². The van der Waals surface area contributed by atoms with E-state index in [1.807, 2.05) is 6.20 Å². The summed E-state index contributed by atoms with van der Waals surface area (Å²) in [6.07, 6.45) is 9.72. The first-order valence-electron chi connectivity index (χ1n) is 14.1. The minimum atomic E-state index is -0.549. The van der Waals surface area contributed by atoms with Crippen LogP contribution in [0.2, 0.25) is 0 Å². The molecule has 0 aliphatic heterocycles. The van der Waals surface area contributed by atoms with E-state index in [1.54, 1.807) is 0 Å². The number of benzene rings is 2. The molecule has 3 rings (SSSR count). The minimum Gasteiger partial charge on any atom is -0.390 e. The fraction of sp³-hybridized carbons (Fsp3) is 0.500. The largest absolute Gasteiger partial charge is 0.390 e. The molecule has 0 saturated heterocycles. The summed E-state index contributed by atoms with van der Waals surface area (Å²) in [4.78, 5) is 4.77. The van der Waals surface area contributed by atoms with E-state index < -0.39 is 5.60 Å². The Bertz CT molecular complexity index is 1120. The molecule has 36 heavy (non-hydrogen) atoms. The van der Waals surface area contributed by atoms with Crippen LogP contribution in [0.15, 0.2) is 54.7 Å². The molecule has 0 atom stereocenters. The normalized spacial score (nSPS) is 12.2. The molecule has 1 heterocycles. The predicted octanol–water partition coefficient (Wildman–Crippen LogP) is 8.91. The Morgan fingerprint density at radius 2 is 1.36 bits per heavy atom. The van der Waals surface area contributed by atoms with E-state index in [0.29, 0.717) is 0 Å². The van der Waals surface area contributed by atoms with Crippen LogP contribution in [0.25, 0.3) is 11.3 Å². The molecule has 0 amide bonds. The zero-order chi connectivity index (χ0) is 26.3. The molecule has 2 aromatic carbocycles. The third kappa shape index (κ3) is 5.92. The summed E-state index contributed by atoms with van der Waals surface area (Å²) in [5, 5.41) is 10.8. The molecule has 0 spiro atoms. The van der Waals surface area contributed by atoms with Crippen molar-refractivity contribution < 1.29 is 5.11 Å². The molecule has 3 aromatic rings. The van der Waals surface area contributed by atoms with Gasteiger partial charge in [-0.2, -0.15) is 0 Å². The van der Waals surface area contributed by atoms with Gasteiger partial charge in [0.15, 0.2) is 0 Å². The van der Waals surface area contributed by atoms with Crippen LogP contribution in [0, 0.1) is 13.8 Å². The highest BCUT2D eigenvalue weighted by atomic mass is 16.3. The summed E-state index contributed by atoms with van der Waals surface area (Å²) >= 11 is 0. The summed E-state index contributed by atoms with van der Waals surface area (Å²) in [7, 11) is 0. The summed E-state index contributed by atoms with van der Waals surface area (Å²) in [6, 6.07) is 18.4. The van der Waals surface area contributed by atoms with Crippen LogP contribution in [0.3, 0.4) is 0 Å². The molecule has 1 N–H and O–H groups in total. The first-order chi connectivity index (χ1) is 17.3. The summed E-state index contributed by atoms with van der Waals surface area (Å²) in [6.45, 7) is 15.4. The van der Waals surface area contributed by atoms with Crippen molar-refractivity contribution >= 4 is 0 Å². The molecule has 2 nitrogen and oxygen atoms in total. The van der Waals surface area contributed by atoms with Crippen LogP contribution in [0.1, 0.15) is 107 Å². The molecule has 0 saturated carbocycles. The van der Waals surface area contributed by atoms with Crippen LogP contribution in [0.5, 0.6) is 0 Å². The predicted molar refractivity (Wildman–Crippen MR) is 155 cm³/mol. The standard InChI is InChI=1S/C34H47NO/c1-8-13-27-14-19-32(35-24-27)31-18-17-30(23-26(31)7)34(11-4,12-5)29-16-15-28(25(6)22-29)20-21-33(36,9-2)10-3/h14-19,22-24,36H,8-13,20-21H2,1-7H3. The van der Waals surface area contributed by atoms with Gasteiger partial charge in [0.25, 0.3) is 0 Å². The van der Waals surface area contributed by atoms with E-state index in [0.717, 1.165) is 57.1 Å². The molecule has 0 fully saturated rings. The lowest BCUT2D eigenvalue weighted by atomic mass is 9.69. The van der Waals surface area contributed by atoms with Crippen LogP contribution in [-0.4, -0.2) is 15.7 Å². The molecule has 1 aromatic heterocycles. The molecule has 0 unspecified atom stereocenters. The van der Waals surface area contributed by atoms with Crippen molar-refractivity contribution in [3.63, 3.8) is 0 Å². The van der Waals surface area contributed by atoms with Crippen molar-refractivity contribution in [2.24, 2.45) is 0 Å². The molecular weight excluding hydrogens is 438 g/mol. The van der Waals surface area contributed by atoms with E-state index in [1.165, 1.54) is 38.9 Å². The smallest absolute Gasteiger partial charge is 0.0704 e. The fourth-order valence-corrected chi connectivity index (χ4v) is 5.75. The monoisotopic (exact) mass is 485 g/mol. The first kappa shape index (κ1) is 28.1. The van der Waals surface area contributed by atoms with Gasteiger partial charge in [-0.15, -0.1) is 0 Å². The maximum absolute atomic E-state index is 10.8. The Hall–Kier alpha value is -2.45. The Morgan fingerprint density at radius 1 is 0.722 bits per heavy atom. The zero-order valence-electron chi connectivity index (χ0n) is 23.7. The molecule has 0 aliphatic carbocycles. The number of hydrogen-bond acceptors (Lipinski definition) is 2. The second-order valence-electron chi connectivity index (χ2n) is 10.7. The average Bonchev–Trinajstić information content (AvgIpc) is 2.90. The molecule has 0 radical (unpaired) electrons. The topological polar surface area (TPSA) is 33.1 Å². The Balaban J connectivity index is 1.92. The summed E-state index contributed by atoms with van der Waals surface area (Å²) < 4.78 is 0. The quantitative estimate of drug-likeness (QED) is 0.278. The van der Waals surface area contributed by atoms with Crippen LogP contribution in [-0.2, 0) is 18.3 Å². The van der Waals surface area contributed by atoms with Crippen molar-refractivity contribution in [1.82, 2.24) is 4.98 Å². The van der Waals surface area contributed by atoms with E-state index in [9.17, 15) is 5.11 Å². The van der Waals surface area contributed by atoms with Crippen molar-refractivity contribution in [1.29, 1.82) is 0 Å². The van der Waals surface area contributed by atoms with E-state index >= 15 is 0 Å². The maximum Gasteiger partial charge on any atom is 0.0704 e. The molecule has 0 aliphatic rings. The second-order valence-corrected chi connectivity index (χ2v) is 10.7. The van der Waals surface area contributed by atoms with Gasteiger partial charge in [0.05, 0.1) is 11.3 Å². The number of rotatable bonds is 12. The zero-order valence-corrected chi connectivity index (χ0v) is 23.7. The van der Waals surface area contributed by atoms with Gasteiger partial charge in [0, 0.05) is 17.2 Å². The van der Waals surface area contributed by atoms with Crippen LogP contribution < -0.4 is 0 Å². The van der Waals surface area contributed by atoms with Crippen LogP contribution >= 0.6 is 0 Å². The maximum atomic E-state index is 10.8. The highest BCUT2D eigenvalue weighted by molar-refractivity contribution is 5.65. The van der Waals surface area contributed by atoms with Gasteiger partial charge < -0.3 is 5.11 Å². The van der Waals surface area contributed by atoms with Crippen molar-refractivity contribution in [3.8, 4) is 11.3 Å². The fourth-order valence-electron chi connectivity index (χ4n) is 5.75. The summed E-state index contributed by atoms with van der Waals surface area (Å²) in [5.41, 5.74) is 9.75. The Kier molecular flexibility index (Phi) is 9.53. The SMILES string of the molecule is CCCc1ccc(-c2ccc(C(CC)(CC)c3ccc(CCC(O)(CC)CC)c(C)c3)cc2C)nc1. The lowest BCUT2D eigenvalue weighted by Gasteiger charge is -2.34. The van der Waals surface area contributed by atoms with Gasteiger partial charge in [0.1, 0.15) is 0 Å². The molecular formula is C34H47NO. The number of aliphatic hydroxyl groups is 1. The number of pyridine rings is 1. The average molecular weight is 486 g/mol. The highest BCUT2D eigenvalue weighted by Gasteiger charge is 2.31. The Labute approximate surface area is 220 Å². The van der Waals surface area contributed by atoms with E-state index in [2.05, 4.69) is 97.0 Å². The van der Waals surface area contributed by atoms with Gasteiger partial charge in [-0.05, 0) is 98.2 Å². The van der Waals surface area contributed by atoms with Gasteiger partial charge in [-0.1, -0.05) is 83.5 Å². The van der Waals surface area contributed by atoms with Gasteiger partial charge in [0.2, 0.25) is 0 Å². The lowest BCUT2D eigenvalue weighted by molar-refractivity contribution is 0.0239. The van der Waals surface area contributed by atoms with Crippen LogP contribution in [0.4, 0.5) is 0 Å². The van der Waals surface area contributed by atoms with Crippen molar-refractivity contribution in [3.05, 3.63) is 88.1 Å². The minimum absolute atomic E-state index is 0.0153. The number of aryl methyl sites for hydroxylation is 4. The summed E-state index contributed by atoms with van der Waals surface area (Å²) in [5.74, 6) is 0. The number of hydrogen-bond donors (Lipinski definition) is 1. The van der Waals surface area contributed by atoms with Gasteiger partial charge >= 0.3 is 0 Å². The van der Waals surface area contributed by atoms with Gasteiger partial charge in [-0.25, -0.2) is 0 Å². The Morgan fingerprint density at radius 3 is 1.86 bits per heavy atom. The lowest BCUT2D eigenvalue weighted by Crippen LogP contribution is -2.28. The number of nitrogens with zero attached hydrogens (tertiary/aromatic N) is 1. The van der Waals surface area contributed by atoms with Crippen molar-refractivity contribution in [2.45, 2.75) is 111 Å². The molecule has 0 bridgehead atoms. The highest BCUT2D eigenvalue weighted by Crippen LogP contribution is 2.41.